The van der Waals surface area contributed by atoms with Gasteiger partial charge in [0.2, 0.25) is 0 Å². The molecule has 0 saturated carbocycles. The average Bonchev–Trinajstić information content (AvgIpc) is 2.29. The normalized spacial score (nSPS) is 14.6. The fraction of sp³-hybridized carbons (Fsp3) is 0.467. The van der Waals surface area contributed by atoms with Gasteiger partial charge in [-0.2, -0.15) is 0 Å². The van der Waals surface area contributed by atoms with Crippen LogP contribution in [0.25, 0.3) is 6.08 Å². The molecule has 0 amide bonds. The highest BCUT2D eigenvalue weighted by atomic mass is 15.1. The fourth-order valence-electron chi connectivity index (χ4n) is 2.35. The first-order valence-electron chi connectivity index (χ1n) is 6.32. The number of fused-ring (bicyclic) bond motifs is 1. The molecule has 0 N–H and O–H groups in total. The van der Waals surface area contributed by atoms with E-state index in [-0.39, 0.29) is 0 Å². The van der Waals surface area contributed by atoms with Crippen molar-refractivity contribution in [2.75, 3.05) is 18.0 Å². The second kappa shape index (κ2) is 5.20. The van der Waals surface area contributed by atoms with Gasteiger partial charge in [0.15, 0.2) is 0 Å². The molecule has 1 aromatic carbocycles. The lowest BCUT2D eigenvalue weighted by Crippen LogP contribution is -2.29. The summed E-state index contributed by atoms with van der Waals surface area (Å²) in [6, 6.07) is 8.72. The monoisotopic (exact) mass is 215 g/mol. The Kier molecular flexibility index (Phi) is 3.66. The van der Waals surface area contributed by atoms with Gasteiger partial charge in [0.1, 0.15) is 0 Å². The van der Waals surface area contributed by atoms with Crippen molar-refractivity contribution in [1.29, 1.82) is 0 Å². The van der Waals surface area contributed by atoms with Crippen LogP contribution in [-0.2, 0) is 0 Å². The molecule has 1 nitrogen and oxygen atoms in total. The van der Waals surface area contributed by atoms with Crippen LogP contribution in [0.1, 0.15) is 38.7 Å². The molecule has 86 valence electrons. The molecule has 0 bridgehead atoms. The van der Waals surface area contributed by atoms with Crippen LogP contribution in [-0.4, -0.2) is 13.1 Å². The van der Waals surface area contributed by atoms with Crippen molar-refractivity contribution in [2.24, 2.45) is 0 Å². The molecular formula is C15H21N. The second-order valence-corrected chi connectivity index (χ2v) is 4.68. The SMILES string of the molecule is CCCCCN1CC(C)=Cc2ccccc21. The highest BCUT2D eigenvalue weighted by Crippen LogP contribution is 2.28. The van der Waals surface area contributed by atoms with Crippen LogP contribution in [0, 0.1) is 0 Å². The van der Waals surface area contributed by atoms with Crippen molar-refractivity contribution >= 4 is 11.8 Å². The van der Waals surface area contributed by atoms with Crippen molar-refractivity contribution < 1.29 is 0 Å². The van der Waals surface area contributed by atoms with Crippen LogP contribution < -0.4 is 4.90 Å². The van der Waals surface area contributed by atoms with Gasteiger partial charge in [-0.15, -0.1) is 0 Å². The maximum absolute atomic E-state index is 2.51. The van der Waals surface area contributed by atoms with Gasteiger partial charge in [-0.1, -0.05) is 49.6 Å². The number of para-hydroxylation sites is 1. The van der Waals surface area contributed by atoms with Crippen molar-refractivity contribution in [2.45, 2.75) is 33.1 Å². The van der Waals surface area contributed by atoms with Crippen molar-refractivity contribution in [3.63, 3.8) is 0 Å². The van der Waals surface area contributed by atoms with E-state index >= 15 is 0 Å². The lowest BCUT2D eigenvalue weighted by Gasteiger charge is -2.30. The number of rotatable bonds is 4. The molecule has 0 spiro atoms. The molecule has 1 aliphatic rings. The van der Waals surface area contributed by atoms with Crippen molar-refractivity contribution in [1.82, 2.24) is 0 Å². The van der Waals surface area contributed by atoms with E-state index in [1.54, 1.807) is 0 Å². The van der Waals surface area contributed by atoms with Gasteiger partial charge in [-0.25, -0.2) is 0 Å². The highest BCUT2D eigenvalue weighted by molar-refractivity contribution is 5.72. The van der Waals surface area contributed by atoms with Crippen LogP contribution in [0.4, 0.5) is 5.69 Å². The first-order chi connectivity index (χ1) is 7.81. The third kappa shape index (κ3) is 2.46. The topological polar surface area (TPSA) is 3.24 Å². The maximum Gasteiger partial charge on any atom is 0.0442 e. The lowest BCUT2D eigenvalue weighted by atomic mass is 10.0. The third-order valence-corrected chi connectivity index (χ3v) is 3.15. The Morgan fingerprint density at radius 1 is 1.19 bits per heavy atom. The number of unbranched alkanes of at least 4 members (excludes halogenated alkanes) is 2. The zero-order chi connectivity index (χ0) is 11.4. The summed E-state index contributed by atoms with van der Waals surface area (Å²) in [5.74, 6) is 0. The molecule has 1 aliphatic heterocycles. The summed E-state index contributed by atoms with van der Waals surface area (Å²) in [5, 5.41) is 0. The second-order valence-electron chi connectivity index (χ2n) is 4.68. The molecular weight excluding hydrogens is 194 g/mol. The van der Waals surface area contributed by atoms with E-state index in [1.165, 1.54) is 42.6 Å². The Labute approximate surface area is 98.8 Å². The molecule has 0 unspecified atom stereocenters. The quantitative estimate of drug-likeness (QED) is 0.683. The first-order valence-corrected chi connectivity index (χ1v) is 6.32. The molecule has 0 radical (unpaired) electrons. The smallest absolute Gasteiger partial charge is 0.0442 e. The lowest BCUT2D eigenvalue weighted by molar-refractivity contribution is 0.687. The van der Waals surface area contributed by atoms with Crippen LogP contribution in [0.5, 0.6) is 0 Å². The minimum atomic E-state index is 1.10. The Morgan fingerprint density at radius 3 is 2.81 bits per heavy atom. The summed E-state index contributed by atoms with van der Waals surface area (Å²) in [7, 11) is 0. The third-order valence-electron chi connectivity index (χ3n) is 3.15. The maximum atomic E-state index is 2.51. The van der Waals surface area contributed by atoms with Crippen LogP contribution >= 0.6 is 0 Å². The van der Waals surface area contributed by atoms with E-state index < -0.39 is 0 Å². The zero-order valence-electron chi connectivity index (χ0n) is 10.4. The Bertz CT molecular complexity index is 379. The van der Waals surface area contributed by atoms with Gasteiger partial charge in [0, 0.05) is 18.8 Å². The molecule has 1 aromatic rings. The Balaban J connectivity index is 2.13. The van der Waals surface area contributed by atoms with E-state index in [0.29, 0.717) is 0 Å². The largest absolute Gasteiger partial charge is 0.367 e. The van der Waals surface area contributed by atoms with E-state index in [2.05, 4.69) is 49.1 Å². The summed E-state index contributed by atoms with van der Waals surface area (Å²) in [6.07, 6.45) is 6.25. The average molecular weight is 215 g/mol. The van der Waals surface area contributed by atoms with Gasteiger partial charge in [-0.3, -0.25) is 0 Å². The Hall–Kier alpha value is -1.24. The zero-order valence-corrected chi connectivity index (χ0v) is 10.4. The van der Waals surface area contributed by atoms with Crippen LogP contribution in [0.3, 0.4) is 0 Å². The molecule has 0 aliphatic carbocycles. The summed E-state index contributed by atoms with van der Waals surface area (Å²) in [5.41, 5.74) is 4.25. The van der Waals surface area contributed by atoms with Gasteiger partial charge in [0.25, 0.3) is 0 Å². The van der Waals surface area contributed by atoms with Gasteiger partial charge >= 0.3 is 0 Å². The number of nitrogens with zero attached hydrogens (tertiary/aromatic N) is 1. The highest BCUT2D eigenvalue weighted by Gasteiger charge is 2.14. The fourth-order valence-corrected chi connectivity index (χ4v) is 2.35. The van der Waals surface area contributed by atoms with E-state index in [1.807, 2.05) is 0 Å². The van der Waals surface area contributed by atoms with Crippen molar-refractivity contribution in [3.8, 4) is 0 Å². The molecule has 0 atom stereocenters. The van der Waals surface area contributed by atoms with Crippen molar-refractivity contribution in [3.05, 3.63) is 35.4 Å². The molecule has 0 fully saturated rings. The number of hydrogen-bond acceptors (Lipinski definition) is 1. The summed E-state index contributed by atoms with van der Waals surface area (Å²) < 4.78 is 0. The predicted molar refractivity (Wildman–Crippen MR) is 71.8 cm³/mol. The van der Waals surface area contributed by atoms with E-state index in [0.717, 1.165) is 6.54 Å². The van der Waals surface area contributed by atoms with E-state index in [9.17, 15) is 0 Å². The Morgan fingerprint density at radius 2 is 2.00 bits per heavy atom. The molecule has 1 heterocycles. The minimum Gasteiger partial charge on any atom is -0.367 e. The van der Waals surface area contributed by atoms with Crippen LogP contribution in [0.2, 0.25) is 0 Å². The van der Waals surface area contributed by atoms with Crippen LogP contribution in [0.15, 0.2) is 29.8 Å². The summed E-state index contributed by atoms with van der Waals surface area (Å²) in [6.45, 7) is 6.77. The van der Waals surface area contributed by atoms with E-state index in [4.69, 9.17) is 0 Å². The summed E-state index contributed by atoms with van der Waals surface area (Å²) in [4.78, 5) is 2.51. The standard InChI is InChI=1S/C15H21N/c1-3-4-7-10-16-12-13(2)11-14-8-5-6-9-15(14)16/h5-6,8-9,11H,3-4,7,10,12H2,1-2H3. The summed E-state index contributed by atoms with van der Waals surface area (Å²) >= 11 is 0. The number of anilines is 1. The molecule has 2 rings (SSSR count). The number of benzene rings is 1. The minimum absolute atomic E-state index is 1.10. The molecule has 0 aromatic heterocycles. The van der Waals surface area contributed by atoms with Gasteiger partial charge < -0.3 is 4.90 Å². The van der Waals surface area contributed by atoms with Gasteiger partial charge in [-0.05, 0) is 25.0 Å². The predicted octanol–water partition coefficient (Wildman–Crippen LogP) is 4.10. The molecule has 16 heavy (non-hydrogen) atoms. The number of hydrogen-bond donors (Lipinski definition) is 0. The first kappa shape index (κ1) is 11.3. The van der Waals surface area contributed by atoms with Gasteiger partial charge in [0.05, 0.1) is 0 Å². The molecule has 1 heteroatoms. The molecule has 0 saturated heterocycles.